The van der Waals surface area contributed by atoms with Gasteiger partial charge in [0.05, 0.1) is 11.7 Å². The molecular weight excluding hydrogens is 176 g/mol. The summed E-state index contributed by atoms with van der Waals surface area (Å²) in [6.45, 7) is 6.52. The van der Waals surface area contributed by atoms with Gasteiger partial charge in [0.1, 0.15) is 0 Å². The van der Waals surface area contributed by atoms with Crippen LogP contribution in [-0.4, -0.2) is 5.16 Å². The molecule has 1 aliphatic carbocycles. The molecule has 0 fully saturated rings. The summed E-state index contributed by atoms with van der Waals surface area (Å²) in [5, 5.41) is 4.09. The smallest absolute Gasteiger partial charge is 0.156 e. The van der Waals surface area contributed by atoms with E-state index >= 15 is 0 Å². The van der Waals surface area contributed by atoms with Crippen LogP contribution in [0.15, 0.2) is 4.52 Å². The largest absolute Gasteiger partial charge is 0.359 e. The Kier molecular flexibility index (Phi) is 2.14. The zero-order valence-corrected chi connectivity index (χ0v) is 9.13. The Morgan fingerprint density at radius 2 is 2.21 bits per heavy atom. The van der Waals surface area contributed by atoms with E-state index in [4.69, 9.17) is 10.3 Å². The van der Waals surface area contributed by atoms with Crippen LogP contribution in [0.5, 0.6) is 0 Å². The van der Waals surface area contributed by atoms with Gasteiger partial charge in [-0.25, -0.2) is 0 Å². The molecule has 0 radical (unpaired) electrons. The van der Waals surface area contributed by atoms with Crippen molar-refractivity contribution in [2.45, 2.75) is 46.1 Å². The fourth-order valence-corrected chi connectivity index (χ4v) is 2.12. The second-order valence-corrected chi connectivity index (χ2v) is 5.10. The van der Waals surface area contributed by atoms with Gasteiger partial charge in [-0.1, -0.05) is 19.0 Å². The van der Waals surface area contributed by atoms with E-state index in [0.29, 0.717) is 5.41 Å². The van der Waals surface area contributed by atoms with Crippen LogP contribution in [0.1, 0.15) is 50.3 Å². The molecule has 14 heavy (non-hydrogen) atoms. The average molecular weight is 194 g/mol. The highest BCUT2D eigenvalue weighted by molar-refractivity contribution is 5.28. The number of aryl methyl sites for hydroxylation is 1. The average Bonchev–Trinajstić information content (AvgIpc) is 2.44. The molecule has 1 aromatic heterocycles. The highest BCUT2D eigenvalue weighted by atomic mass is 16.5. The summed E-state index contributed by atoms with van der Waals surface area (Å²) >= 11 is 0. The number of aromatic nitrogens is 1. The number of hydrogen-bond donors (Lipinski definition) is 1. The van der Waals surface area contributed by atoms with Gasteiger partial charge in [0, 0.05) is 5.56 Å². The van der Waals surface area contributed by atoms with Crippen molar-refractivity contribution < 1.29 is 4.52 Å². The van der Waals surface area contributed by atoms with Crippen LogP contribution in [0.25, 0.3) is 0 Å². The maximum absolute atomic E-state index is 5.84. The van der Waals surface area contributed by atoms with E-state index < -0.39 is 0 Å². The van der Waals surface area contributed by atoms with Crippen LogP contribution in [0.4, 0.5) is 0 Å². The topological polar surface area (TPSA) is 52.0 Å². The summed E-state index contributed by atoms with van der Waals surface area (Å²) in [5.74, 6) is 0.882. The van der Waals surface area contributed by atoms with Crippen molar-refractivity contribution in [1.29, 1.82) is 0 Å². The monoisotopic (exact) mass is 194 g/mol. The normalized spacial score (nSPS) is 21.7. The van der Waals surface area contributed by atoms with Gasteiger partial charge in [-0.3, -0.25) is 0 Å². The SMILES string of the molecule is CC(N)c1onc2c1CC(C)(C)CC2. The Hall–Kier alpha value is -0.830. The molecule has 1 heterocycles. The molecule has 0 saturated carbocycles. The van der Waals surface area contributed by atoms with Crippen molar-refractivity contribution in [3.05, 3.63) is 17.0 Å². The van der Waals surface area contributed by atoms with E-state index in [0.717, 1.165) is 24.3 Å². The predicted octanol–water partition coefficient (Wildman–Crippen LogP) is 2.21. The molecule has 1 unspecified atom stereocenters. The molecule has 0 aromatic carbocycles. The van der Waals surface area contributed by atoms with Crippen molar-refractivity contribution in [2.24, 2.45) is 11.1 Å². The number of fused-ring (bicyclic) bond motifs is 1. The molecule has 0 amide bonds. The highest BCUT2D eigenvalue weighted by Gasteiger charge is 2.31. The third-order valence-corrected chi connectivity index (χ3v) is 3.01. The standard InChI is InChI=1S/C11H18N2O/c1-7(12)10-8-6-11(2,3)5-4-9(8)13-14-10/h7H,4-6,12H2,1-3H3. The van der Waals surface area contributed by atoms with E-state index in [9.17, 15) is 0 Å². The minimum absolute atomic E-state index is 0.0415. The summed E-state index contributed by atoms with van der Waals surface area (Å²) < 4.78 is 5.30. The quantitative estimate of drug-likeness (QED) is 0.745. The predicted molar refractivity (Wildman–Crippen MR) is 54.9 cm³/mol. The third-order valence-electron chi connectivity index (χ3n) is 3.01. The minimum Gasteiger partial charge on any atom is -0.359 e. The first-order valence-corrected chi connectivity index (χ1v) is 5.22. The molecule has 3 nitrogen and oxygen atoms in total. The Morgan fingerprint density at radius 3 is 2.86 bits per heavy atom. The molecule has 1 aromatic rings. The first kappa shape index (κ1) is 9.71. The van der Waals surface area contributed by atoms with E-state index in [-0.39, 0.29) is 6.04 Å². The van der Waals surface area contributed by atoms with E-state index in [2.05, 4.69) is 19.0 Å². The van der Waals surface area contributed by atoms with Crippen molar-refractivity contribution in [1.82, 2.24) is 5.16 Å². The van der Waals surface area contributed by atoms with Crippen molar-refractivity contribution in [2.75, 3.05) is 0 Å². The zero-order chi connectivity index (χ0) is 10.3. The van der Waals surface area contributed by atoms with Crippen LogP contribution in [0.3, 0.4) is 0 Å². The summed E-state index contributed by atoms with van der Waals surface area (Å²) in [6.07, 6.45) is 3.26. The van der Waals surface area contributed by atoms with Crippen molar-refractivity contribution >= 4 is 0 Å². The van der Waals surface area contributed by atoms with Gasteiger partial charge in [-0.15, -0.1) is 0 Å². The summed E-state index contributed by atoms with van der Waals surface area (Å²) in [6, 6.07) is -0.0415. The maximum atomic E-state index is 5.84. The number of rotatable bonds is 1. The zero-order valence-electron chi connectivity index (χ0n) is 9.13. The Balaban J connectivity index is 2.38. The second-order valence-electron chi connectivity index (χ2n) is 5.10. The molecule has 2 rings (SSSR count). The lowest BCUT2D eigenvalue weighted by atomic mass is 9.75. The lowest BCUT2D eigenvalue weighted by molar-refractivity contribution is 0.312. The number of nitrogens with two attached hydrogens (primary N) is 1. The highest BCUT2D eigenvalue weighted by Crippen LogP contribution is 2.37. The number of nitrogens with zero attached hydrogens (tertiary/aromatic N) is 1. The van der Waals surface area contributed by atoms with Gasteiger partial charge in [-0.2, -0.15) is 0 Å². The van der Waals surface area contributed by atoms with Crippen LogP contribution in [0.2, 0.25) is 0 Å². The molecule has 0 saturated heterocycles. The lowest BCUT2D eigenvalue weighted by Gasteiger charge is -2.28. The molecule has 0 aliphatic heterocycles. The van der Waals surface area contributed by atoms with Gasteiger partial charge in [0.25, 0.3) is 0 Å². The minimum atomic E-state index is -0.0415. The van der Waals surface area contributed by atoms with Gasteiger partial charge >= 0.3 is 0 Å². The molecule has 1 atom stereocenters. The first-order valence-electron chi connectivity index (χ1n) is 5.22. The summed E-state index contributed by atoms with van der Waals surface area (Å²) in [4.78, 5) is 0. The molecule has 78 valence electrons. The maximum Gasteiger partial charge on any atom is 0.156 e. The molecule has 2 N–H and O–H groups in total. The Morgan fingerprint density at radius 1 is 1.50 bits per heavy atom. The van der Waals surface area contributed by atoms with E-state index in [1.807, 2.05) is 6.92 Å². The van der Waals surface area contributed by atoms with Crippen LogP contribution < -0.4 is 5.73 Å². The van der Waals surface area contributed by atoms with Crippen molar-refractivity contribution in [3.8, 4) is 0 Å². The fourth-order valence-electron chi connectivity index (χ4n) is 2.12. The van der Waals surface area contributed by atoms with Crippen LogP contribution in [0, 0.1) is 5.41 Å². The number of hydrogen-bond acceptors (Lipinski definition) is 3. The van der Waals surface area contributed by atoms with E-state index in [1.54, 1.807) is 0 Å². The summed E-state index contributed by atoms with van der Waals surface area (Å²) in [5.41, 5.74) is 8.58. The van der Waals surface area contributed by atoms with Crippen LogP contribution >= 0.6 is 0 Å². The van der Waals surface area contributed by atoms with Crippen molar-refractivity contribution in [3.63, 3.8) is 0 Å². The molecular formula is C11H18N2O. The third kappa shape index (κ3) is 1.57. The molecule has 0 spiro atoms. The molecule has 0 bridgehead atoms. The van der Waals surface area contributed by atoms with E-state index in [1.165, 1.54) is 12.0 Å². The summed E-state index contributed by atoms with van der Waals surface area (Å²) in [7, 11) is 0. The van der Waals surface area contributed by atoms with Gasteiger partial charge in [-0.05, 0) is 31.6 Å². The fraction of sp³-hybridized carbons (Fsp3) is 0.727. The lowest BCUT2D eigenvalue weighted by Crippen LogP contribution is -2.23. The van der Waals surface area contributed by atoms with Gasteiger partial charge in [0.15, 0.2) is 5.76 Å². The van der Waals surface area contributed by atoms with Gasteiger partial charge < -0.3 is 10.3 Å². The molecule has 3 heteroatoms. The molecule has 1 aliphatic rings. The van der Waals surface area contributed by atoms with Gasteiger partial charge in [0.2, 0.25) is 0 Å². The van der Waals surface area contributed by atoms with Crippen LogP contribution in [-0.2, 0) is 12.8 Å². The first-order chi connectivity index (χ1) is 6.49. The Labute approximate surface area is 84.7 Å². The second kappa shape index (κ2) is 3.09. The Bertz CT molecular complexity index is 339.